The molecule has 4 rings (SSSR count). The molecule has 0 unspecified atom stereocenters. The summed E-state index contributed by atoms with van der Waals surface area (Å²) in [6.07, 6.45) is -1.65. The van der Waals surface area contributed by atoms with E-state index in [1.165, 1.54) is 29.2 Å². The Morgan fingerprint density at radius 2 is 1.88 bits per heavy atom. The largest absolute Gasteiger partial charge is 0.434 e. The first-order valence-electron chi connectivity index (χ1n) is 10.6. The lowest BCUT2D eigenvalue weighted by atomic mass is 9.95. The van der Waals surface area contributed by atoms with Crippen molar-refractivity contribution < 1.29 is 22.8 Å². The lowest BCUT2D eigenvalue weighted by molar-refractivity contribution is -0.143. The van der Waals surface area contributed by atoms with E-state index in [4.69, 9.17) is 11.6 Å². The van der Waals surface area contributed by atoms with Crippen LogP contribution in [0, 0.1) is 12.8 Å². The van der Waals surface area contributed by atoms with Crippen molar-refractivity contribution in [2.45, 2.75) is 25.9 Å². The zero-order chi connectivity index (χ0) is 24.5. The van der Waals surface area contributed by atoms with Crippen molar-refractivity contribution in [2.75, 3.05) is 18.4 Å². The molecule has 11 heteroatoms. The van der Waals surface area contributed by atoms with Gasteiger partial charge < -0.3 is 10.2 Å². The zero-order valence-electron chi connectivity index (χ0n) is 18.1. The number of alkyl halides is 3. The number of rotatable bonds is 4. The van der Waals surface area contributed by atoms with Crippen molar-refractivity contribution in [1.29, 1.82) is 0 Å². The number of amides is 2. The summed E-state index contributed by atoms with van der Waals surface area (Å²) in [4.78, 5) is 31.0. The third-order valence-electron chi connectivity index (χ3n) is 5.64. The number of nitrogens with zero attached hydrogens (tertiary/aromatic N) is 4. The minimum absolute atomic E-state index is 0.0963. The third-order valence-corrected chi connectivity index (χ3v) is 5.88. The van der Waals surface area contributed by atoms with Gasteiger partial charge in [-0.1, -0.05) is 17.7 Å². The summed E-state index contributed by atoms with van der Waals surface area (Å²) in [5.74, 6) is -0.941. The standard InChI is InChI=1S/C23H21ClF3N5O2/c1-14-5-8-28-19(11-14)30-21(33)15-6-9-31(10-7-15)22(34)18-13-29-32(20(18)23(25,26)27)17-4-2-3-16(24)12-17/h2-5,8,11-13,15H,6-7,9-10H2,1H3,(H,28,30,33). The van der Waals surface area contributed by atoms with E-state index in [1.807, 2.05) is 13.0 Å². The van der Waals surface area contributed by atoms with Gasteiger partial charge in [-0.05, 0) is 55.7 Å². The molecule has 0 saturated carbocycles. The average molecular weight is 492 g/mol. The number of carbonyl (C=O) groups excluding carboxylic acids is 2. The van der Waals surface area contributed by atoms with E-state index in [9.17, 15) is 22.8 Å². The minimum atomic E-state index is -4.82. The Morgan fingerprint density at radius 1 is 1.15 bits per heavy atom. The van der Waals surface area contributed by atoms with Crippen molar-refractivity contribution in [2.24, 2.45) is 5.92 Å². The van der Waals surface area contributed by atoms with E-state index in [0.29, 0.717) is 23.3 Å². The van der Waals surface area contributed by atoms with Crippen LogP contribution in [0.3, 0.4) is 0 Å². The molecule has 2 amide bonds. The van der Waals surface area contributed by atoms with E-state index in [-0.39, 0.29) is 35.6 Å². The molecule has 1 N–H and O–H groups in total. The van der Waals surface area contributed by atoms with Crippen LogP contribution in [0.1, 0.15) is 34.5 Å². The van der Waals surface area contributed by atoms with Gasteiger partial charge in [0.25, 0.3) is 5.91 Å². The van der Waals surface area contributed by atoms with Crippen molar-refractivity contribution >= 4 is 29.2 Å². The second-order valence-electron chi connectivity index (χ2n) is 8.07. The van der Waals surface area contributed by atoms with Crippen LogP contribution in [0.15, 0.2) is 48.8 Å². The molecule has 1 aliphatic heterocycles. The van der Waals surface area contributed by atoms with Gasteiger partial charge in [0.2, 0.25) is 5.91 Å². The Bertz CT molecular complexity index is 1220. The number of benzene rings is 1. The minimum Gasteiger partial charge on any atom is -0.338 e. The molecule has 1 saturated heterocycles. The topological polar surface area (TPSA) is 80.1 Å². The number of nitrogens with one attached hydrogen (secondary N) is 1. The molecule has 7 nitrogen and oxygen atoms in total. The summed E-state index contributed by atoms with van der Waals surface area (Å²) >= 11 is 5.92. The van der Waals surface area contributed by atoms with E-state index in [1.54, 1.807) is 12.3 Å². The summed E-state index contributed by atoms with van der Waals surface area (Å²) in [6, 6.07) is 9.35. The Labute approximate surface area is 198 Å². The van der Waals surface area contributed by atoms with E-state index < -0.39 is 23.3 Å². The predicted octanol–water partition coefficient (Wildman–Crippen LogP) is 4.74. The average Bonchev–Trinajstić information content (AvgIpc) is 3.25. The summed E-state index contributed by atoms with van der Waals surface area (Å²) < 4.78 is 42.5. The van der Waals surface area contributed by atoms with Crippen LogP contribution in [0.2, 0.25) is 5.02 Å². The Kier molecular flexibility index (Phi) is 6.60. The van der Waals surface area contributed by atoms with E-state index in [0.717, 1.165) is 11.8 Å². The highest BCUT2D eigenvalue weighted by Crippen LogP contribution is 2.35. The fraction of sp³-hybridized carbons (Fsp3) is 0.304. The normalized spacial score (nSPS) is 14.8. The van der Waals surface area contributed by atoms with Crippen LogP contribution in [0.25, 0.3) is 5.69 Å². The van der Waals surface area contributed by atoms with E-state index >= 15 is 0 Å². The maximum atomic E-state index is 13.9. The highest BCUT2D eigenvalue weighted by molar-refractivity contribution is 6.30. The summed E-state index contributed by atoms with van der Waals surface area (Å²) in [7, 11) is 0. The summed E-state index contributed by atoms with van der Waals surface area (Å²) in [5, 5.41) is 6.83. The molecule has 0 spiro atoms. The lowest BCUT2D eigenvalue weighted by Gasteiger charge is -2.31. The van der Waals surface area contributed by atoms with E-state index in [2.05, 4.69) is 15.4 Å². The second kappa shape index (κ2) is 9.46. The molecule has 2 aromatic heterocycles. The number of piperidine rings is 1. The smallest absolute Gasteiger partial charge is 0.338 e. The van der Waals surface area contributed by atoms with Crippen molar-refractivity contribution in [3.63, 3.8) is 0 Å². The van der Waals surface area contributed by atoms with Gasteiger partial charge in [0.15, 0.2) is 5.69 Å². The van der Waals surface area contributed by atoms with Crippen LogP contribution < -0.4 is 5.32 Å². The van der Waals surface area contributed by atoms with Gasteiger partial charge in [-0.15, -0.1) is 0 Å². The van der Waals surface area contributed by atoms with Crippen molar-refractivity contribution in [3.8, 4) is 5.69 Å². The zero-order valence-corrected chi connectivity index (χ0v) is 18.9. The molecule has 1 aliphatic rings. The molecule has 0 aliphatic carbocycles. The first-order chi connectivity index (χ1) is 16.1. The molecular weight excluding hydrogens is 471 g/mol. The number of aryl methyl sites for hydroxylation is 1. The highest BCUT2D eigenvalue weighted by atomic mass is 35.5. The molecule has 0 atom stereocenters. The Morgan fingerprint density at radius 3 is 2.53 bits per heavy atom. The molecule has 1 fully saturated rings. The number of anilines is 1. The van der Waals surface area contributed by atoms with Crippen LogP contribution in [0.5, 0.6) is 0 Å². The van der Waals surface area contributed by atoms with Gasteiger partial charge in [-0.25, -0.2) is 9.67 Å². The number of likely N-dealkylation sites (tertiary alicyclic amines) is 1. The maximum Gasteiger partial charge on any atom is 0.434 e. The fourth-order valence-corrected chi connectivity index (χ4v) is 4.11. The molecule has 3 heterocycles. The van der Waals surface area contributed by atoms with Gasteiger partial charge in [-0.3, -0.25) is 9.59 Å². The molecule has 1 aromatic carbocycles. The first-order valence-corrected chi connectivity index (χ1v) is 10.9. The Hall–Kier alpha value is -3.40. The predicted molar refractivity (Wildman–Crippen MR) is 120 cm³/mol. The van der Waals surface area contributed by atoms with Crippen LogP contribution in [-0.2, 0) is 11.0 Å². The molecule has 3 aromatic rings. The van der Waals surface area contributed by atoms with Gasteiger partial charge >= 0.3 is 6.18 Å². The number of halogens is 4. The molecule has 34 heavy (non-hydrogen) atoms. The highest BCUT2D eigenvalue weighted by Gasteiger charge is 2.42. The van der Waals surface area contributed by atoms with Crippen molar-refractivity contribution in [1.82, 2.24) is 19.7 Å². The molecule has 0 bridgehead atoms. The van der Waals surface area contributed by atoms with Crippen LogP contribution in [0.4, 0.5) is 19.0 Å². The number of pyridine rings is 1. The fourth-order valence-electron chi connectivity index (χ4n) is 3.93. The number of hydrogen-bond donors (Lipinski definition) is 1. The monoisotopic (exact) mass is 491 g/mol. The van der Waals surface area contributed by atoms with Gasteiger partial charge in [-0.2, -0.15) is 18.3 Å². The quantitative estimate of drug-likeness (QED) is 0.571. The first kappa shape index (κ1) is 23.7. The van der Waals surface area contributed by atoms with Gasteiger partial charge in [0.1, 0.15) is 5.82 Å². The summed E-state index contributed by atoms with van der Waals surface area (Å²) in [6.45, 7) is 2.18. The van der Waals surface area contributed by atoms with Gasteiger partial charge in [0, 0.05) is 30.2 Å². The Balaban J connectivity index is 1.48. The number of aromatic nitrogens is 3. The van der Waals surface area contributed by atoms with Gasteiger partial charge in [0.05, 0.1) is 17.4 Å². The number of hydrogen-bond acceptors (Lipinski definition) is 4. The van der Waals surface area contributed by atoms with Crippen LogP contribution in [-0.4, -0.2) is 44.6 Å². The number of carbonyl (C=O) groups is 2. The second-order valence-corrected chi connectivity index (χ2v) is 8.51. The molecular formula is C23H21ClF3N5O2. The lowest BCUT2D eigenvalue weighted by Crippen LogP contribution is -2.42. The SMILES string of the molecule is Cc1ccnc(NC(=O)C2CCN(C(=O)c3cnn(-c4cccc(Cl)c4)c3C(F)(F)F)CC2)c1. The van der Waals surface area contributed by atoms with Crippen molar-refractivity contribution in [3.05, 3.63) is 70.6 Å². The molecule has 0 radical (unpaired) electrons. The third kappa shape index (κ3) is 5.06. The maximum absolute atomic E-state index is 13.9. The van der Waals surface area contributed by atoms with Crippen LogP contribution >= 0.6 is 11.6 Å². The summed E-state index contributed by atoms with van der Waals surface area (Å²) in [5.41, 5.74) is -0.659. The molecule has 178 valence electrons.